The van der Waals surface area contributed by atoms with Crippen molar-refractivity contribution in [3.8, 4) is 11.8 Å². The summed E-state index contributed by atoms with van der Waals surface area (Å²) in [6.07, 6.45) is 22.0. The van der Waals surface area contributed by atoms with Gasteiger partial charge in [0.05, 0.1) is 18.1 Å². The zero-order chi connectivity index (χ0) is 42.4. The highest BCUT2D eigenvalue weighted by Gasteiger charge is 2.38. The highest BCUT2D eigenvalue weighted by molar-refractivity contribution is 5.96. The topological polar surface area (TPSA) is 175 Å². The molecule has 5 aliphatic carbocycles. The fourth-order valence-corrected chi connectivity index (χ4v) is 11.2. The molecule has 5 saturated carbocycles. The Labute approximate surface area is 356 Å². The highest BCUT2D eigenvalue weighted by Crippen LogP contribution is 2.41. The van der Waals surface area contributed by atoms with Crippen LogP contribution in [0.25, 0.3) is 0 Å². The number of hydrogen-bond donors (Lipinski definition) is 5. The number of carbonyl (C=O) groups is 5. The van der Waals surface area contributed by atoms with E-state index in [4.69, 9.17) is 9.73 Å². The molecule has 0 aromatic carbocycles. The van der Waals surface area contributed by atoms with Gasteiger partial charge in [-0.1, -0.05) is 89.4 Å². The number of nitrogens with zero attached hydrogens (tertiary/aromatic N) is 1. The first kappa shape index (κ1) is 46.0. The Morgan fingerprint density at radius 1 is 0.733 bits per heavy atom. The van der Waals surface area contributed by atoms with Gasteiger partial charge in [0.2, 0.25) is 17.7 Å². The van der Waals surface area contributed by atoms with Gasteiger partial charge in [0.1, 0.15) is 31.4 Å². The van der Waals surface area contributed by atoms with Gasteiger partial charge in [0.15, 0.2) is 6.04 Å². The van der Waals surface area contributed by atoms with E-state index in [2.05, 4.69) is 40.0 Å². The van der Waals surface area contributed by atoms with Gasteiger partial charge in [0.25, 0.3) is 5.91 Å². The van der Waals surface area contributed by atoms with Gasteiger partial charge in [-0.25, -0.2) is 4.39 Å². The van der Waals surface area contributed by atoms with E-state index in [0.29, 0.717) is 31.1 Å². The van der Waals surface area contributed by atoms with Crippen LogP contribution in [0.5, 0.6) is 0 Å². The Kier molecular flexibility index (Phi) is 17.7. The molecule has 4 amide bonds. The number of fused-ring (bicyclic) bond motifs is 1. The van der Waals surface area contributed by atoms with Gasteiger partial charge >= 0.3 is 5.97 Å². The third-order valence-electron chi connectivity index (χ3n) is 14.9. The Morgan fingerprint density at radius 2 is 1.38 bits per heavy atom. The summed E-state index contributed by atoms with van der Waals surface area (Å²) in [5.74, 6) is 4.51. The van der Waals surface area contributed by atoms with Crippen LogP contribution in [0.3, 0.4) is 0 Å². The summed E-state index contributed by atoms with van der Waals surface area (Å²) in [5, 5.41) is 20.3. The summed E-state index contributed by atoms with van der Waals surface area (Å²) in [5.41, 5.74) is 0. The Balaban J connectivity index is 1.19. The lowest BCUT2D eigenvalue weighted by Crippen LogP contribution is -2.57. The summed E-state index contributed by atoms with van der Waals surface area (Å²) in [6, 6.07) is -3.33. The van der Waals surface area contributed by atoms with Crippen LogP contribution < -0.4 is 21.3 Å². The second-order valence-corrected chi connectivity index (χ2v) is 19.3. The summed E-state index contributed by atoms with van der Waals surface area (Å²) in [4.78, 5) is 71.8. The first-order chi connectivity index (χ1) is 29.0. The van der Waals surface area contributed by atoms with Crippen LogP contribution in [0.15, 0.2) is 4.99 Å². The number of carboxylic acids is 1. The van der Waals surface area contributed by atoms with Crippen molar-refractivity contribution in [1.29, 1.82) is 0 Å². The zero-order valence-electron chi connectivity index (χ0n) is 36.0. The van der Waals surface area contributed by atoms with Crippen molar-refractivity contribution in [2.75, 3.05) is 13.2 Å². The minimum absolute atomic E-state index is 0.0146. The number of carboxylic acid groups (broad SMARTS) is 1. The molecule has 334 valence electrons. The molecular weight excluding hydrogens is 766 g/mol. The number of rotatable bonds is 16. The predicted molar refractivity (Wildman–Crippen MR) is 227 cm³/mol. The molecule has 5 N–H and O–H groups in total. The third kappa shape index (κ3) is 13.7. The molecule has 0 bridgehead atoms. The molecule has 1 aliphatic heterocycles. The standard InChI is InChI=1S/C47H72FN5O7/c1-30-15-22-36(23-16-30)60-29-43(54)51-40(24-21-35-27-49-39-14-8-6-12-37(35)39)46(58)52-41(25-31-17-19-33(20-18-31)32-9-3-2-4-10-32)47(59)53-42(45(57)50-28-44(55)56)26-34-11-5-7-13-38(34)48/h27,30-42H,2-20,22-23,25-26,28-29H2,1H3,(H,50,57)(H,51,54)(H,52,58)(H,53,59)(H,55,56). The first-order valence-corrected chi connectivity index (χ1v) is 23.7. The SMILES string of the molecule is CC1CCC(OCC(=O)NC(C#CC2C=NC3CCCCC23)C(=O)NC(CC2CCC(C3CCCCC3)CC2)C(=O)NC(CC2CCCCC2F)C(=O)NCC(=O)O)CC1. The number of alkyl halides is 1. The lowest BCUT2D eigenvalue weighted by molar-refractivity contribution is -0.138. The minimum Gasteiger partial charge on any atom is -0.480 e. The van der Waals surface area contributed by atoms with Crippen LogP contribution in [-0.2, 0) is 28.7 Å². The number of halogens is 1. The molecule has 8 atom stereocenters. The van der Waals surface area contributed by atoms with E-state index in [1.807, 2.05) is 6.21 Å². The second-order valence-electron chi connectivity index (χ2n) is 19.3. The molecule has 12 nitrogen and oxygen atoms in total. The number of carbonyl (C=O) groups excluding carboxylic acids is 4. The van der Waals surface area contributed by atoms with Crippen LogP contribution in [-0.4, -0.2) is 90.5 Å². The average Bonchev–Trinajstić information content (AvgIpc) is 3.67. The quantitative estimate of drug-likeness (QED) is 0.115. The van der Waals surface area contributed by atoms with Crippen molar-refractivity contribution in [2.24, 2.45) is 46.4 Å². The van der Waals surface area contributed by atoms with Gasteiger partial charge in [-0.3, -0.25) is 29.0 Å². The lowest BCUT2D eigenvalue weighted by atomic mass is 9.70. The molecule has 6 rings (SSSR count). The van der Waals surface area contributed by atoms with E-state index in [-0.39, 0.29) is 42.9 Å². The summed E-state index contributed by atoms with van der Waals surface area (Å²) >= 11 is 0. The smallest absolute Gasteiger partial charge is 0.322 e. The van der Waals surface area contributed by atoms with Crippen molar-refractivity contribution >= 4 is 35.8 Å². The molecule has 1 heterocycles. The molecule has 0 saturated heterocycles. The molecule has 5 fully saturated rings. The van der Waals surface area contributed by atoms with E-state index in [1.165, 1.54) is 32.1 Å². The van der Waals surface area contributed by atoms with Gasteiger partial charge < -0.3 is 31.1 Å². The fourth-order valence-electron chi connectivity index (χ4n) is 11.2. The molecule has 0 spiro atoms. The van der Waals surface area contributed by atoms with E-state index in [9.17, 15) is 29.1 Å². The van der Waals surface area contributed by atoms with Crippen molar-refractivity contribution < 1.29 is 38.2 Å². The number of ether oxygens (including phenoxy) is 1. The van der Waals surface area contributed by atoms with E-state index in [0.717, 1.165) is 95.8 Å². The predicted octanol–water partition coefficient (Wildman–Crippen LogP) is 6.19. The lowest BCUT2D eigenvalue weighted by Gasteiger charge is -2.37. The number of aliphatic imine (C=N–C) groups is 1. The van der Waals surface area contributed by atoms with Crippen LogP contribution in [0.2, 0.25) is 0 Å². The van der Waals surface area contributed by atoms with E-state index < -0.39 is 66.4 Å². The monoisotopic (exact) mass is 838 g/mol. The highest BCUT2D eigenvalue weighted by atomic mass is 19.1. The number of hydrogen-bond acceptors (Lipinski definition) is 7. The van der Waals surface area contributed by atoms with Crippen LogP contribution >= 0.6 is 0 Å². The minimum atomic E-state index is -1.27. The van der Waals surface area contributed by atoms with E-state index in [1.54, 1.807) is 0 Å². The molecular formula is C47H72FN5O7. The van der Waals surface area contributed by atoms with Crippen molar-refractivity contribution in [2.45, 2.75) is 191 Å². The maximum absolute atomic E-state index is 15.1. The third-order valence-corrected chi connectivity index (χ3v) is 14.9. The molecule has 0 aromatic heterocycles. The van der Waals surface area contributed by atoms with Crippen molar-refractivity contribution in [3.63, 3.8) is 0 Å². The molecule has 13 heteroatoms. The summed E-state index contributed by atoms with van der Waals surface area (Å²) in [7, 11) is 0. The van der Waals surface area contributed by atoms with Crippen molar-refractivity contribution in [1.82, 2.24) is 21.3 Å². The largest absolute Gasteiger partial charge is 0.480 e. The van der Waals surface area contributed by atoms with E-state index >= 15 is 4.39 Å². The molecule has 0 radical (unpaired) electrons. The molecule has 60 heavy (non-hydrogen) atoms. The van der Waals surface area contributed by atoms with Gasteiger partial charge in [-0.05, 0) is 113 Å². The van der Waals surface area contributed by atoms with Crippen molar-refractivity contribution in [3.05, 3.63) is 0 Å². The van der Waals surface area contributed by atoms with Gasteiger partial charge in [-0.15, -0.1) is 0 Å². The first-order valence-electron chi connectivity index (χ1n) is 23.7. The summed E-state index contributed by atoms with van der Waals surface area (Å²) < 4.78 is 21.1. The van der Waals surface area contributed by atoms with Crippen LogP contribution in [0, 0.1) is 53.3 Å². The normalized spacial score (nSPS) is 32.2. The Bertz CT molecular complexity index is 1540. The second kappa shape index (κ2) is 23.1. The van der Waals surface area contributed by atoms with Crippen LogP contribution in [0.4, 0.5) is 4.39 Å². The zero-order valence-corrected chi connectivity index (χ0v) is 36.0. The van der Waals surface area contributed by atoms with Gasteiger partial charge in [-0.2, -0.15) is 0 Å². The van der Waals surface area contributed by atoms with Gasteiger partial charge in [0, 0.05) is 6.21 Å². The number of aliphatic carboxylic acids is 1. The molecule has 8 unspecified atom stereocenters. The maximum Gasteiger partial charge on any atom is 0.322 e. The Hall–Kier alpha value is -3.53. The van der Waals surface area contributed by atoms with Crippen LogP contribution in [0.1, 0.15) is 155 Å². The summed E-state index contributed by atoms with van der Waals surface area (Å²) in [6.45, 7) is 1.37. The maximum atomic E-state index is 15.1. The molecule has 0 aromatic rings. The Morgan fingerprint density at radius 3 is 2.12 bits per heavy atom. The molecule has 6 aliphatic rings. The number of nitrogens with one attached hydrogen (secondary N) is 4. The number of amides is 4. The fraction of sp³-hybridized carbons (Fsp3) is 0.830. The average molecular weight is 838 g/mol.